The van der Waals surface area contributed by atoms with E-state index in [2.05, 4.69) is 11.6 Å². The molecule has 0 radical (unpaired) electrons. The van der Waals surface area contributed by atoms with Gasteiger partial charge in [0.1, 0.15) is 0 Å². The van der Waals surface area contributed by atoms with Crippen molar-refractivity contribution in [3.63, 3.8) is 0 Å². The molecule has 0 aromatic rings. The fourth-order valence-corrected chi connectivity index (χ4v) is 1.53. The Balaban J connectivity index is 1.86. The fourth-order valence-electron chi connectivity index (χ4n) is 1.25. The zero-order valence-electron chi connectivity index (χ0n) is 7.14. The van der Waals surface area contributed by atoms with Crippen LogP contribution in [-0.4, -0.2) is 38.3 Å². The molecule has 3 heteroatoms. The number of nitrogens with one attached hydrogen (secondary N) is 1. The molecule has 1 fully saturated rings. The Kier molecular flexibility index (Phi) is 4.99. The first-order valence-electron chi connectivity index (χ1n) is 4.21. The van der Waals surface area contributed by atoms with Crippen molar-refractivity contribution in [3.05, 3.63) is 0 Å². The molecule has 1 heterocycles. The van der Waals surface area contributed by atoms with Crippen LogP contribution in [0.25, 0.3) is 0 Å². The van der Waals surface area contributed by atoms with E-state index in [0.717, 1.165) is 31.4 Å². The molecule has 0 aromatic carbocycles. The molecule has 0 spiro atoms. The van der Waals surface area contributed by atoms with Crippen LogP contribution in [0.1, 0.15) is 6.42 Å². The maximum absolute atomic E-state index is 5.50. The van der Waals surface area contributed by atoms with Crippen LogP contribution < -0.4 is 5.32 Å². The van der Waals surface area contributed by atoms with Crippen molar-refractivity contribution in [1.82, 2.24) is 5.32 Å². The molecule has 0 bridgehead atoms. The molecule has 1 atom stereocenters. The average Bonchev–Trinajstić information content (AvgIpc) is 2.50. The van der Waals surface area contributed by atoms with Crippen LogP contribution in [0.3, 0.4) is 0 Å². The number of ether oxygens (including phenoxy) is 1. The Labute approximate surface area is 73.1 Å². The molecule has 1 aliphatic rings. The summed E-state index contributed by atoms with van der Waals surface area (Å²) in [5.74, 6) is 1.90. The SMILES string of the molecule is CSCCOCC1CCNC1. The van der Waals surface area contributed by atoms with Crippen molar-refractivity contribution in [2.24, 2.45) is 5.92 Å². The number of rotatable bonds is 5. The lowest BCUT2D eigenvalue weighted by molar-refractivity contribution is 0.119. The van der Waals surface area contributed by atoms with E-state index in [-0.39, 0.29) is 0 Å². The van der Waals surface area contributed by atoms with Crippen molar-refractivity contribution < 1.29 is 4.74 Å². The van der Waals surface area contributed by atoms with E-state index in [0.29, 0.717) is 0 Å². The topological polar surface area (TPSA) is 21.3 Å². The minimum Gasteiger partial charge on any atom is -0.380 e. The zero-order valence-corrected chi connectivity index (χ0v) is 7.95. The predicted molar refractivity (Wildman–Crippen MR) is 50.2 cm³/mol. The van der Waals surface area contributed by atoms with Crippen LogP contribution in [0.4, 0.5) is 0 Å². The van der Waals surface area contributed by atoms with Gasteiger partial charge in [0, 0.05) is 12.3 Å². The highest BCUT2D eigenvalue weighted by molar-refractivity contribution is 7.98. The second-order valence-corrected chi connectivity index (χ2v) is 3.91. The van der Waals surface area contributed by atoms with Gasteiger partial charge >= 0.3 is 0 Å². The molecular weight excluding hydrogens is 158 g/mol. The van der Waals surface area contributed by atoms with Gasteiger partial charge in [-0.15, -0.1) is 0 Å². The molecule has 0 aromatic heterocycles. The predicted octanol–water partition coefficient (Wildman–Crippen LogP) is 0.975. The highest BCUT2D eigenvalue weighted by Gasteiger charge is 2.13. The third-order valence-electron chi connectivity index (χ3n) is 1.95. The Morgan fingerprint density at radius 2 is 2.55 bits per heavy atom. The summed E-state index contributed by atoms with van der Waals surface area (Å²) in [5.41, 5.74) is 0. The number of thioether (sulfide) groups is 1. The minimum atomic E-state index is 0.775. The summed E-state index contributed by atoms with van der Waals surface area (Å²) in [6.07, 6.45) is 3.40. The van der Waals surface area contributed by atoms with E-state index >= 15 is 0 Å². The highest BCUT2D eigenvalue weighted by atomic mass is 32.2. The van der Waals surface area contributed by atoms with E-state index in [1.54, 1.807) is 0 Å². The zero-order chi connectivity index (χ0) is 7.94. The molecule has 0 amide bonds. The largest absolute Gasteiger partial charge is 0.380 e. The standard InChI is InChI=1S/C8H17NOS/c1-11-5-4-10-7-8-2-3-9-6-8/h8-9H,2-7H2,1H3. The van der Waals surface area contributed by atoms with Crippen LogP contribution in [0.2, 0.25) is 0 Å². The van der Waals surface area contributed by atoms with Crippen LogP contribution in [0, 0.1) is 5.92 Å². The molecule has 1 saturated heterocycles. The van der Waals surface area contributed by atoms with Crippen molar-refractivity contribution in [2.45, 2.75) is 6.42 Å². The van der Waals surface area contributed by atoms with Gasteiger partial charge in [0.15, 0.2) is 0 Å². The lowest BCUT2D eigenvalue weighted by atomic mass is 10.1. The molecule has 1 unspecified atom stereocenters. The lowest BCUT2D eigenvalue weighted by Gasteiger charge is -2.07. The smallest absolute Gasteiger partial charge is 0.0556 e. The van der Waals surface area contributed by atoms with Gasteiger partial charge in [-0.2, -0.15) is 11.8 Å². The fraction of sp³-hybridized carbons (Fsp3) is 1.00. The third-order valence-corrected chi connectivity index (χ3v) is 2.52. The molecule has 66 valence electrons. The van der Waals surface area contributed by atoms with Gasteiger partial charge in [0.2, 0.25) is 0 Å². The van der Waals surface area contributed by atoms with Crippen molar-refractivity contribution in [2.75, 3.05) is 38.3 Å². The van der Waals surface area contributed by atoms with E-state index < -0.39 is 0 Å². The summed E-state index contributed by atoms with van der Waals surface area (Å²) in [6, 6.07) is 0. The van der Waals surface area contributed by atoms with Crippen molar-refractivity contribution in [1.29, 1.82) is 0 Å². The van der Waals surface area contributed by atoms with E-state index in [4.69, 9.17) is 4.74 Å². The van der Waals surface area contributed by atoms with Crippen LogP contribution >= 0.6 is 11.8 Å². The molecule has 1 rings (SSSR count). The summed E-state index contributed by atoms with van der Waals surface area (Å²) in [6.45, 7) is 4.20. The lowest BCUT2D eigenvalue weighted by Crippen LogP contribution is -2.14. The molecule has 0 aliphatic carbocycles. The van der Waals surface area contributed by atoms with Gasteiger partial charge in [-0.1, -0.05) is 0 Å². The highest BCUT2D eigenvalue weighted by Crippen LogP contribution is 2.07. The Bertz CT molecular complexity index is 94.1. The summed E-state index contributed by atoms with van der Waals surface area (Å²) in [5, 5.41) is 3.33. The number of hydrogen-bond acceptors (Lipinski definition) is 3. The summed E-state index contributed by atoms with van der Waals surface area (Å²) in [4.78, 5) is 0. The normalized spacial score (nSPS) is 24.3. The molecular formula is C8H17NOS. The minimum absolute atomic E-state index is 0.775. The maximum atomic E-state index is 5.50. The summed E-state index contributed by atoms with van der Waals surface area (Å²) >= 11 is 1.84. The van der Waals surface area contributed by atoms with Crippen molar-refractivity contribution >= 4 is 11.8 Å². The van der Waals surface area contributed by atoms with Crippen molar-refractivity contribution in [3.8, 4) is 0 Å². The summed E-state index contributed by atoms with van der Waals surface area (Å²) in [7, 11) is 0. The summed E-state index contributed by atoms with van der Waals surface area (Å²) < 4.78 is 5.50. The number of hydrogen-bond donors (Lipinski definition) is 1. The Morgan fingerprint density at radius 1 is 1.64 bits per heavy atom. The molecule has 11 heavy (non-hydrogen) atoms. The second kappa shape index (κ2) is 5.86. The van der Waals surface area contributed by atoms with Gasteiger partial charge in [-0.3, -0.25) is 0 Å². The first kappa shape index (κ1) is 9.36. The van der Waals surface area contributed by atoms with E-state index in [1.807, 2.05) is 11.8 Å². The Morgan fingerprint density at radius 3 is 3.18 bits per heavy atom. The van der Waals surface area contributed by atoms with Gasteiger partial charge in [0.05, 0.1) is 13.2 Å². The van der Waals surface area contributed by atoms with Crippen LogP contribution in [0.15, 0.2) is 0 Å². The Hall–Kier alpha value is 0.270. The van der Waals surface area contributed by atoms with E-state index in [1.165, 1.54) is 13.0 Å². The van der Waals surface area contributed by atoms with Crippen LogP contribution in [-0.2, 0) is 4.74 Å². The third kappa shape index (κ3) is 3.99. The average molecular weight is 175 g/mol. The van der Waals surface area contributed by atoms with Crippen LogP contribution in [0.5, 0.6) is 0 Å². The molecule has 0 saturated carbocycles. The van der Waals surface area contributed by atoms with Gasteiger partial charge in [0.25, 0.3) is 0 Å². The van der Waals surface area contributed by atoms with Gasteiger partial charge in [-0.25, -0.2) is 0 Å². The molecule has 2 nitrogen and oxygen atoms in total. The van der Waals surface area contributed by atoms with Gasteiger partial charge in [-0.05, 0) is 25.1 Å². The first-order valence-corrected chi connectivity index (χ1v) is 5.60. The maximum Gasteiger partial charge on any atom is 0.0556 e. The van der Waals surface area contributed by atoms with E-state index in [9.17, 15) is 0 Å². The second-order valence-electron chi connectivity index (χ2n) is 2.93. The molecule has 1 aliphatic heterocycles. The quantitative estimate of drug-likeness (QED) is 0.629. The first-order chi connectivity index (χ1) is 5.43. The molecule has 1 N–H and O–H groups in total. The van der Waals surface area contributed by atoms with Gasteiger partial charge < -0.3 is 10.1 Å². The monoisotopic (exact) mass is 175 g/mol.